The van der Waals surface area contributed by atoms with Gasteiger partial charge in [0.2, 0.25) is 0 Å². The number of ether oxygens (including phenoxy) is 1. The molecule has 1 unspecified atom stereocenters. The van der Waals surface area contributed by atoms with E-state index in [1.165, 1.54) is 11.1 Å². The molecule has 0 aromatic carbocycles. The smallest absolute Gasteiger partial charge is 0.131 e. The van der Waals surface area contributed by atoms with Crippen LogP contribution in [0.3, 0.4) is 0 Å². The monoisotopic (exact) mass is 277 g/mol. The summed E-state index contributed by atoms with van der Waals surface area (Å²) in [5, 5.41) is 3.43. The summed E-state index contributed by atoms with van der Waals surface area (Å²) in [6.07, 6.45) is 3.09. The van der Waals surface area contributed by atoms with Crippen LogP contribution >= 0.6 is 0 Å². The molecule has 1 atom stereocenters. The van der Waals surface area contributed by atoms with Crippen LogP contribution < -0.4 is 10.2 Å². The average molecular weight is 277 g/mol. The first-order valence-electron chi connectivity index (χ1n) is 7.65. The van der Waals surface area contributed by atoms with Gasteiger partial charge in [0.15, 0.2) is 0 Å². The van der Waals surface area contributed by atoms with Gasteiger partial charge in [-0.25, -0.2) is 4.98 Å². The number of nitrogens with one attached hydrogen (secondary N) is 1. The molecule has 0 radical (unpaired) electrons. The molecular weight excluding hydrogens is 250 g/mol. The van der Waals surface area contributed by atoms with E-state index in [2.05, 4.69) is 44.0 Å². The molecule has 0 saturated carbocycles. The third kappa shape index (κ3) is 3.70. The highest BCUT2D eigenvalue weighted by atomic mass is 16.5. The second kappa shape index (κ2) is 7.04. The van der Waals surface area contributed by atoms with Crippen LogP contribution in [0, 0.1) is 6.92 Å². The molecule has 0 amide bonds. The molecule has 1 aliphatic heterocycles. The van der Waals surface area contributed by atoms with E-state index in [0.717, 1.165) is 38.5 Å². The fraction of sp³-hybridized carbons (Fsp3) is 0.688. The molecule has 2 heterocycles. The number of hydrogen-bond donors (Lipinski definition) is 1. The Bertz CT molecular complexity index is 434. The number of aromatic nitrogens is 1. The van der Waals surface area contributed by atoms with Gasteiger partial charge in [-0.3, -0.25) is 0 Å². The molecule has 112 valence electrons. The zero-order chi connectivity index (χ0) is 14.5. The molecule has 1 aromatic heterocycles. The van der Waals surface area contributed by atoms with Gasteiger partial charge in [-0.1, -0.05) is 20.8 Å². The predicted molar refractivity (Wildman–Crippen MR) is 83.2 cm³/mol. The van der Waals surface area contributed by atoms with Crippen molar-refractivity contribution in [1.29, 1.82) is 0 Å². The Morgan fingerprint density at radius 1 is 1.50 bits per heavy atom. The van der Waals surface area contributed by atoms with Crippen molar-refractivity contribution in [3.05, 3.63) is 23.4 Å². The van der Waals surface area contributed by atoms with Gasteiger partial charge in [0.1, 0.15) is 5.82 Å². The van der Waals surface area contributed by atoms with E-state index >= 15 is 0 Å². The molecule has 0 spiro atoms. The highest BCUT2D eigenvalue weighted by Crippen LogP contribution is 2.23. The van der Waals surface area contributed by atoms with Crippen LogP contribution in [0.5, 0.6) is 0 Å². The van der Waals surface area contributed by atoms with Crippen molar-refractivity contribution in [2.24, 2.45) is 0 Å². The third-order valence-corrected chi connectivity index (χ3v) is 3.79. The lowest BCUT2D eigenvalue weighted by molar-refractivity contribution is 0.0925. The zero-order valence-corrected chi connectivity index (χ0v) is 13.1. The maximum Gasteiger partial charge on any atom is 0.131 e. The van der Waals surface area contributed by atoms with Crippen molar-refractivity contribution >= 4 is 5.82 Å². The lowest BCUT2D eigenvalue weighted by Crippen LogP contribution is -2.46. The van der Waals surface area contributed by atoms with Gasteiger partial charge >= 0.3 is 0 Å². The van der Waals surface area contributed by atoms with E-state index in [1.54, 1.807) is 0 Å². The molecule has 4 heteroatoms. The Morgan fingerprint density at radius 2 is 2.30 bits per heavy atom. The lowest BCUT2D eigenvalue weighted by Gasteiger charge is -2.36. The Hall–Kier alpha value is -1.13. The molecular formula is C16H27N3O. The summed E-state index contributed by atoms with van der Waals surface area (Å²) in [5.41, 5.74) is 2.51. The van der Waals surface area contributed by atoms with Crippen LogP contribution in [0.25, 0.3) is 0 Å². The fourth-order valence-electron chi connectivity index (χ4n) is 2.62. The van der Waals surface area contributed by atoms with Gasteiger partial charge < -0.3 is 15.0 Å². The van der Waals surface area contributed by atoms with Crippen molar-refractivity contribution in [1.82, 2.24) is 10.3 Å². The average Bonchev–Trinajstić information content (AvgIpc) is 2.45. The Labute approximate surface area is 122 Å². The van der Waals surface area contributed by atoms with E-state index in [9.17, 15) is 0 Å². The van der Waals surface area contributed by atoms with E-state index in [1.807, 2.05) is 6.20 Å². The van der Waals surface area contributed by atoms with E-state index in [-0.39, 0.29) is 0 Å². The molecule has 4 nitrogen and oxygen atoms in total. The summed E-state index contributed by atoms with van der Waals surface area (Å²) in [7, 11) is 0. The van der Waals surface area contributed by atoms with Crippen molar-refractivity contribution in [3.63, 3.8) is 0 Å². The number of pyridine rings is 1. The maximum atomic E-state index is 5.57. The minimum atomic E-state index is 0.453. The molecule has 1 fully saturated rings. The molecule has 0 bridgehead atoms. The number of hydrogen-bond acceptors (Lipinski definition) is 4. The summed E-state index contributed by atoms with van der Waals surface area (Å²) < 4.78 is 5.57. The van der Waals surface area contributed by atoms with Crippen molar-refractivity contribution in [2.75, 3.05) is 24.7 Å². The van der Waals surface area contributed by atoms with Crippen molar-refractivity contribution in [3.8, 4) is 0 Å². The Kier molecular flexibility index (Phi) is 5.38. The highest BCUT2D eigenvalue weighted by Gasteiger charge is 2.23. The van der Waals surface area contributed by atoms with Crippen LogP contribution in [0.15, 0.2) is 12.3 Å². The number of aryl methyl sites for hydroxylation is 1. The van der Waals surface area contributed by atoms with Gasteiger partial charge in [0.05, 0.1) is 19.3 Å². The normalized spacial score (nSPS) is 19.6. The second-order valence-corrected chi connectivity index (χ2v) is 5.85. The first-order valence-corrected chi connectivity index (χ1v) is 7.65. The number of nitrogens with zero attached hydrogens (tertiary/aromatic N) is 2. The molecule has 2 rings (SSSR count). The maximum absolute atomic E-state index is 5.57. The lowest BCUT2D eigenvalue weighted by atomic mass is 10.1. The topological polar surface area (TPSA) is 37.4 Å². The predicted octanol–water partition coefficient (Wildman–Crippen LogP) is 2.50. The van der Waals surface area contributed by atoms with E-state index in [0.29, 0.717) is 12.1 Å². The Balaban J connectivity index is 2.12. The van der Waals surface area contributed by atoms with Gasteiger partial charge in [-0.15, -0.1) is 0 Å². The Morgan fingerprint density at radius 3 is 2.95 bits per heavy atom. The number of rotatable bonds is 5. The number of morpholine rings is 1. The zero-order valence-electron chi connectivity index (χ0n) is 13.1. The van der Waals surface area contributed by atoms with Crippen LogP contribution in [-0.2, 0) is 11.3 Å². The van der Waals surface area contributed by atoms with E-state index < -0.39 is 0 Å². The van der Waals surface area contributed by atoms with Crippen LogP contribution in [0.2, 0.25) is 0 Å². The minimum Gasteiger partial charge on any atom is -0.377 e. The fourth-order valence-corrected chi connectivity index (χ4v) is 2.62. The molecule has 1 aromatic rings. The second-order valence-electron chi connectivity index (χ2n) is 5.85. The largest absolute Gasteiger partial charge is 0.377 e. The minimum absolute atomic E-state index is 0.453. The third-order valence-electron chi connectivity index (χ3n) is 3.79. The molecule has 20 heavy (non-hydrogen) atoms. The van der Waals surface area contributed by atoms with Crippen LogP contribution in [0.4, 0.5) is 5.82 Å². The van der Waals surface area contributed by atoms with Gasteiger partial charge in [0.25, 0.3) is 0 Å². The number of anilines is 1. The highest BCUT2D eigenvalue weighted by molar-refractivity contribution is 5.48. The van der Waals surface area contributed by atoms with Crippen LogP contribution in [-0.4, -0.2) is 36.8 Å². The first kappa shape index (κ1) is 15.3. The SMILES string of the molecule is CCC1COCCN1c1ncc(CNC(C)C)cc1C. The van der Waals surface area contributed by atoms with Gasteiger partial charge in [0, 0.05) is 25.3 Å². The van der Waals surface area contributed by atoms with Crippen LogP contribution in [0.1, 0.15) is 38.3 Å². The quantitative estimate of drug-likeness (QED) is 0.897. The molecule has 1 N–H and O–H groups in total. The summed E-state index contributed by atoms with van der Waals surface area (Å²) in [6, 6.07) is 3.20. The molecule has 1 saturated heterocycles. The summed E-state index contributed by atoms with van der Waals surface area (Å²) in [4.78, 5) is 7.11. The molecule has 1 aliphatic rings. The van der Waals surface area contributed by atoms with Gasteiger partial charge in [-0.2, -0.15) is 0 Å². The summed E-state index contributed by atoms with van der Waals surface area (Å²) in [6.45, 7) is 12.1. The summed E-state index contributed by atoms with van der Waals surface area (Å²) >= 11 is 0. The van der Waals surface area contributed by atoms with Crippen molar-refractivity contribution < 1.29 is 4.74 Å². The summed E-state index contributed by atoms with van der Waals surface area (Å²) in [5.74, 6) is 1.12. The first-order chi connectivity index (χ1) is 9.61. The molecule has 0 aliphatic carbocycles. The van der Waals surface area contributed by atoms with E-state index in [4.69, 9.17) is 9.72 Å². The van der Waals surface area contributed by atoms with Gasteiger partial charge in [-0.05, 0) is 30.5 Å². The standard InChI is InChI=1S/C16H27N3O/c1-5-15-11-20-7-6-19(15)16-13(4)8-14(10-18-16)9-17-12(2)3/h8,10,12,15,17H,5-7,9,11H2,1-4H3. The van der Waals surface area contributed by atoms with Crippen molar-refractivity contribution in [2.45, 2.75) is 52.7 Å².